The lowest BCUT2D eigenvalue weighted by molar-refractivity contribution is -0.119. The third kappa shape index (κ3) is 6.47. The molecule has 5 heteroatoms. The van der Waals surface area contributed by atoms with Crippen LogP contribution in [0.3, 0.4) is 0 Å². The number of carbonyl (C=O) groups excluding carboxylic acids is 1. The second kappa shape index (κ2) is 9.08. The van der Waals surface area contributed by atoms with Crippen molar-refractivity contribution >= 4 is 5.91 Å². The van der Waals surface area contributed by atoms with Crippen molar-refractivity contribution in [2.24, 2.45) is 5.73 Å². The zero-order valence-corrected chi connectivity index (χ0v) is 15.1. The summed E-state index contributed by atoms with van der Waals surface area (Å²) in [5, 5.41) is 0. The van der Waals surface area contributed by atoms with Gasteiger partial charge in [0.05, 0.1) is 0 Å². The second-order valence-corrected chi connectivity index (χ2v) is 6.26. The van der Waals surface area contributed by atoms with Gasteiger partial charge >= 0.3 is 0 Å². The maximum atomic E-state index is 10.8. The average molecular weight is 342 g/mol. The Kier molecular flexibility index (Phi) is 6.83. The van der Waals surface area contributed by atoms with Crippen LogP contribution in [-0.2, 0) is 11.3 Å². The molecule has 0 aliphatic rings. The molecule has 5 nitrogen and oxygen atoms in total. The summed E-state index contributed by atoms with van der Waals surface area (Å²) >= 11 is 0. The molecular formula is C20H26N2O3. The highest BCUT2D eigenvalue weighted by molar-refractivity contribution is 5.75. The predicted molar refractivity (Wildman–Crippen MR) is 98.9 cm³/mol. The van der Waals surface area contributed by atoms with Gasteiger partial charge in [-0.3, -0.25) is 9.69 Å². The van der Waals surface area contributed by atoms with Crippen LogP contribution in [0.1, 0.15) is 16.7 Å². The zero-order valence-electron chi connectivity index (χ0n) is 15.1. The van der Waals surface area contributed by atoms with Crippen LogP contribution in [0, 0.1) is 13.8 Å². The van der Waals surface area contributed by atoms with Gasteiger partial charge in [-0.2, -0.15) is 0 Å². The van der Waals surface area contributed by atoms with Crippen molar-refractivity contribution in [2.75, 3.05) is 26.8 Å². The number of benzene rings is 2. The van der Waals surface area contributed by atoms with Crippen molar-refractivity contribution in [3.05, 3.63) is 59.2 Å². The Morgan fingerprint density at radius 1 is 1.12 bits per heavy atom. The van der Waals surface area contributed by atoms with E-state index in [1.807, 2.05) is 37.4 Å². The Morgan fingerprint density at radius 3 is 2.64 bits per heavy atom. The lowest BCUT2D eigenvalue weighted by atomic mass is 10.1. The monoisotopic (exact) mass is 342 g/mol. The van der Waals surface area contributed by atoms with E-state index in [-0.39, 0.29) is 6.61 Å². The Morgan fingerprint density at radius 2 is 1.92 bits per heavy atom. The maximum Gasteiger partial charge on any atom is 0.255 e. The average Bonchev–Trinajstić information content (AvgIpc) is 2.55. The molecule has 0 heterocycles. The third-order valence-corrected chi connectivity index (χ3v) is 3.79. The minimum absolute atomic E-state index is 0.108. The van der Waals surface area contributed by atoms with Crippen LogP contribution >= 0.6 is 0 Å². The number of nitrogens with zero attached hydrogens (tertiary/aromatic N) is 1. The highest BCUT2D eigenvalue weighted by Gasteiger charge is 2.05. The van der Waals surface area contributed by atoms with Crippen molar-refractivity contribution in [1.82, 2.24) is 4.90 Å². The number of nitrogens with two attached hydrogens (primary N) is 1. The number of aryl methyl sites for hydroxylation is 2. The molecule has 2 aromatic carbocycles. The van der Waals surface area contributed by atoms with E-state index >= 15 is 0 Å². The standard InChI is InChI=1S/C20H26N2O3/c1-15-7-8-19(16(2)11-15)24-10-9-22(3)13-17-5-4-6-18(12-17)25-14-20(21)23/h4-8,11-12H,9-10,13-14H2,1-3H3,(H2,21,23). The normalized spacial score (nSPS) is 10.7. The third-order valence-electron chi connectivity index (χ3n) is 3.79. The molecule has 0 aliphatic heterocycles. The van der Waals surface area contributed by atoms with E-state index in [0.29, 0.717) is 12.4 Å². The van der Waals surface area contributed by atoms with Gasteiger partial charge in [-0.1, -0.05) is 29.8 Å². The number of carbonyl (C=O) groups is 1. The van der Waals surface area contributed by atoms with Gasteiger partial charge in [-0.15, -0.1) is 0 Å². The highest BCUT2D eigenvalue weighted by atomic mass is 16.5. The highest BCUT2D eigenvalue weighted by Crippen LogP contribution is 2.19. The molecule has 2 aromatic rings. The zero-order chi connectivity index (χ0) is 18.2. The van der Waals surface area contributed by atoms with Crippen molar-refractivity contribution < 1.29 is 14.3 Å². The van der Waals surface area contributed by atoms with Crippen molar-refractivity contribution in [2.45, 2.75) is 20.4 Å². The first-order valence-electron chi connectivity index (χ1n) is 8.32. The largest absolute Gasteiger partial charge is 0.492 e. The lowest BCUT2D eigenvalue weighted by Gasteiger charge is -2.18. The Labute approximate surface area is 149 Å². The van der Waals surface area contributed by atoms with Gasteiger partial charge in [0.1, 0.15) is 18.1 Å². The summed E-state index contributed by atoms with van der Waals surface area (Å²) in [5.74, 6) is 1.10. The van der Waals surface area contributed by atoms with Crippen LogP contribution in [0.15, 0.2) is 42.5 Å². The molecule has 0 spiro atoms. The number of likely N-dealkylation sites (N-methyl/N-ethyl adjacent to an activating group) is 1. The van der Waals surface area contributed by atoms with E-state index < -0.39 is 5.91 Å². The summed E-state index contributed by atoms with van der Waals surface area (Å²) in [6.45, 7) is 6.22. The lowest BCUT2D eigenvalue weighted by Crippen LogP contribution is -2.24. The Hall–Kier alpha value is -2.53. The molecular weight excluding hydrogens is 316 g/mol. The van der Waals surface area contributed by atoms with Crippen LogP contribution in [-0.4, -0.2) is 37.6 Å². The minimum atomic E-state index is -0.480. The number of primary amides is 1. The van der Waals surface area contributed by atoms with Crippen LogP contribution < -0.4 is 15.2 Å². The van der Waals surface area contributed by atoms with E-state index in [2.05, 4.69) is 30.9 Å². The Bertz CT molecular complexity index is 716. The molecule has 25 heavy (non-hydrogen) atoms. The molecule has 2 N–H and O–H groups in total. The molecule has 0 radical (unpaired) electrons. The molecule has 2 rings (SSSR count). The SMILES string of the molecule is Cc1ccc(OCCN(C)Cc2cccc(OCC(N)=O)c2)c(C)c1. The summed E-state index contributed by atoms with van der Waals surface area (Å²) in [6.07, 6.45) is 0. The van der Waals surface area contributed by atoms with Crippen LogP contribution in [0.5, 0.6) is 11.5 Å². The Balaban J connectivity index is 1.80. The molecule has 0 aromatic heterocycles. The quantitative estimate of drug-likeness (QED) is 0.761. The predicted octanol–water partition coefficient (Wildman–Crippen LogP) is 2.68. The number of rotatable bonds is 9. The summed E-state index contributed by atoms with van der Waals surface area (Å²) in [4.78, 5) is 13.0. The first kappa shape index (κ1) is 18.8. The van der Waals surface area contributed by atoms with Gasteiger partial charge in [0.2, 0.25) is 0 Å². The molecule has 0 unspecified atom stereocenters. The van der Waals surface area contributed by atoms with Crippen LogP contribution in [0.4, 0.5) is 0 Å². The van der Waals surface area contributed by atoms with Gasteiger partial charge in [0.25, 0.3) is 5.91 Å². The summed E-state index contributed by atoms with van der Waals surface area (Å²) < 4.78 is 11.2. The summed E-state index contributed by atoms with van der Waals surface area (Å²) in [6, 6.07) is 13.9. The number of ether oxygens (including phenoxy) is 2. The van der Waals surface area contributed by atoms with Gasteiger partial charge in [-0.25, -0.2) is 0 Å². The van der Waals surface area contributed by atoms with Gasteiger partial charge in [0, 0.05) is 13.1 Å². The minimum Gasteiger partial charge on any atom is -0.492 e. The maximum absolute atomic E-state index is 10.8. The van der Waals surface area contributed by atoms with Crippen molar-refractivity contribution in [3.63, 3.8) is 0 Å². The van der Waals surface area contributed by atoms with Crippen molar-refractivity contribution in [1.29, 1.82) is 0 Å². The van der Waals surface area contributed by atoms with E-state index in [0.717, 1.165) is 30.0 Å². The molecule has 1 amide bonds. The van der Waals surface area contributed by atoms with Gasteiger partial charge in [0.15, 0.2) is 6.61 Å². The van der Waals surface area contributed by atoms with E-state index in [1.165, 1.54) is 5.56 Å². The molecule has 0 saturated heterocycles. The smallest absolute Gasteiger partial charge is 0.255 e. The molecule has 0 atom stereocenters. The fourth-order valence-corrected chi connectivity index (χ4v) is 2.55. The van der Waals surface area contributed by atoms with E-state index in [1.54, 1.807) is 0 Å². The topological polar surface area (TPSA) is 64.8 Å². The van der Waals surface area contributed by atoms with Crippen molar-refractivity contribution in [3.8, 4) is 11.5 Å². The first-order chi connectivity index (χ1) is 11.9. The molecule has 0 saturated carbocycles. The molecule has 0 fully saturated rings. The molecule has 0 bridgehead atoms. The number of amides is 1. The summed E-state index contributed by atoms with van der Waals surface area (Å²) in [7, 11) is 2.04. The fourth-order valence-electron chi connectivity index (χ4n) is 2.55. The number of hydrogen-bond donors (Lipinski definition) is 1. The second-order valence-electron chi connectivity index (χ2n) is 6.26. The first-order valence-corrected chi connectivity index (χ1v) is 8.32. The van der Waals surface area contributed by atoms with Crippen LogP contribution in [0.2, 0.25) is 0 Å². The molecule has 134 valence electrons. The van der Waals surface area contributed by atoms with Gasteiger partial charge in [-0.05, 0) is 50.2 Å². The summed E-state index contributed by atoms with van der Waals surface area (Å²) in [5.41, 5.74) is 8.59. The molecule has 0 aliphatic carbocycles. The van der Waals surface area contributed by atoms with E-state index in [9.17, 15) is 4.79 Å². The van der Waals surface area contributed by atoms with Crippen LogP contribution in [0.25, 0.3) is 0 Å². The van der Waals surface area contributed by atoms with E-state index in [4.69, 9.17) is 15.2 Å². The number of hydrogen-bond acceptors (Lipinski definition) is 4. The fraction of sp³-hybridized carbons (Fsp3) is 0.350. The van der Waals surface area contributed by atoms with Gasteiger partial charge < -0.3 is 15.2 Å².